The van der Waals surface area contributed by atoms with Crippen LogP contribution in [0.3, 0.4) is 0 Å². The van der Waals surface area contributed by atoms with Gasteiger partial charge >= 0.3 is 6.09 Å². The number of halogens is 2. The van der Waals surface area contributed by atoms with Gasteiger partial charge in [-0.2, -0.15) is 0 Å². The summed E-state index contributed by atoms with van der Waals surface area (Å²) in [7, 11) is -4.18. The van der Waals surface area contributed by atoms with Crippen molar-refractivity contribution in [1.29, 1.82) is 0 Å². The van der Waals surface area contributed by atoms with E-state index in [4.69, 9.17) is 4.74 Å². The zero-order chi connectivity index (χ0) is 22.0. The minimum Gasteiger partial charge on any atom is -0.444 e. The summed E-state index contributed by atoms with van der Waals surface area (Å²) >= 11 is 0. The van der Waals surface area contributed by atoms with E-state index in [1.54, 1.807) is 27.7 Å². The van der Waals surface area contributed by atoms with Crippen LogP contribution in [0, 0.1) is 17.0 Å². The van der Waals surface area contributed by atoms with Gasteiger partial charge in [0.2, 0.25) is 15.9 Å². The lowest BCUT2D eigenvalue weighted by molar-refractivity contribution is -0.130. The third-order valence-electron chi connectivity index (χ3n) is 4.68. The molecule has 0 saturated carbocycles. The number of nitrogens with one attached hydrogen (secondary N) is 1. The lowest BCUT2D eigenvalue weighted by atomic mass is 9.80. The Morgan fingerprint density at radius 1 is 1.21 bits per heavy atom. The van der Waals surface area contributed by atoms with Crippen LogP contribution in [-0.4, -0.2) is 44.0 Å². The van der Waals surface area contributed by atoms with E-state index in [0.717, 1.165) is 12.1 Å². The van der Waals surface area contributed by atoms with Gasteiger partial charge in [-0.1, -0.05) is 13.0 Å². The van der Waals surface area contributed by atoms with Gasteiger partial charge in [-0.05, 0) is 39.7 Å². The maximum absolute atomic E-state index is 13.7. The number of ether oxygens (including phenoxy) is 1. The standard InChI is InChI=1S/C19H26F2N2O5S/c1-18(2,3)28-17(25)23-9-7-19(4,8-10-23)16(24)22-29(26,27)12-13-5-6-14(20)11-15(13)21/h5-6,11H,7-10,12H2,1-4H3,(H,22,24). The zero-order valence-corrected chi connectivity index (χ0v) is 17.7. The number of carbonyl (C=O) groups is 2. The van der Waals surface area contributed by atoms with Gasteiger partial charge in [0.1, 0.15) is 17.2 Å². The monoisotopic (exact) mass is 432 g/mol. The fraction of sp³-hybridized carbons (Fsp3) is 0.579. The molecule has 1 aliphatic heterocycles. The normalized spacial score (nSPS) is 17.0. The number of amides is 2. The van der Waals surface area contributed by atoms with E-state index in [0.29, 0.717) is 6.07 Å². The highest BCUT2D eigenvalue weighted by atomic mass is 32.2. The molecule has 1 aliphatic rings. The average molecular weight is 432 g/mol. The molecule has 162 valence electrons. The number of sulfonamides is 1. The number of piperidine rings is 1. The Kier molecular flexibility index (Phi) is 6.56. The van der Waals surface area contributed by atoms with Crippen molar-refractivity contribution < 1.29 is 31.5 Å². The molecule has 1 fully saturated rings. The van der Waals surface area contributed by atoms with Crippen LogP contribution in [0.25, 0.3) is 0 Å². The average Bonchev–Trinajstić information content (AvgIpc) is 2.56. The molecule has 29 heavy (non-hydrogen) atoms. The molecule has 0 unspecified atom stereocenters. The van der Waals surface area contributed by atoms with E-state index in [1.165, 1.54) is 4.90 Å². The number of hydrogen-bond acceptors (Lipinski definition) is 5. The third-order valence-corrected chi connectivity index (χ3v) is 5.86. The van der Waals surface area contributed by atoms with Gasteiger partial charge in [0.15, 0.2) is 0 Å². The SMILES string of the molecule is CC(C)(C)OC(=O)N1CCC(C)(C(=O)NS(=O)(=O)Cc2ccc(F)cc2F)CC1. The van der Waals surface area contributed by atoms with Crippen LogP contribution in [0.4, 0.5) is 13.6 Å². The van der Waals surface area contributed by atoms with E-state index in [1.807, 2.05) is 4.72 Å². The maximum Gasteiger partial charge on any atom is 0.410 e. The van der Waals surface area contributed by atoms with Gasteiger partial charge in [0.05, 0.1) is 11.2 Å². The first-order valence-corrected chi connectivity index (χ1v) is 10.8. The highest BCUT2D eigenvalue weighted by molar-refractivity contribution is 7.89. The van der Waals surface area contributed by atoms with Crippen molar-refractivity contribution in [3.05, 3.63) is 35.4 Å². The Bertz CT molecular complexity index is 888. The van der Waals surface area contributed by atoms with Gasteiger partial charge in [-0.25, -0.2) is 22.0 Å². The van der Waals surface area contributed by atoms with Crippen molar-refractivity contribution in [2.24, 2.45) is 5.41 Å². The topological polar surface area (TPSA) is 92.8 Å². The highest BCUT2D eigenvalue weighted by Crippen LogP contribution is 2.32. The smallest absolute Gasteiger partial charge is 0.410 e. The summed E-state index contributed by atoms with van der Waals surface area (Å²) in [5.74, 6) is -3.33. The quantitative estimate of drug-likeness (QED) is 0.790. The summed E-state index contributed by atoms with van der Waals surface area (Å²) in [6.45, 7) is 7.35. The summed E-state index contributed by atoms with van der Waals surface area (Å²) in [6, 6.07) is 2.55. The number of likely N-dealkylation sites (tertiary alicyclic amines) is 1. The minimum atomic E-state index is -4.18. The van der Waals surface area contributed by atoms with Crippen LogP contribution >= 0.6 is 0 Å². The number of hydrogen-bond donors (Lipinski definition) is 1. The Morgan fingerprint density at radius 2 is 1.79 bits per heavy atom. The largest absolute Gasteiger partial charge is 0.444 e. The number of benzene rings is 1. The molecule has 1 heterocycles. The molecule has 1 aromatic rings. The van der Waals surface area contributed by atoms with Gasteiger partial charge < -0.3 is 9.64 Å². The fourth-order valence-corrected chi connectivity index (χ4v) is 4.12. The van der Waals surface area contributed by atoms with Gasteiger partial charge in [0, 0.05) is 24.7 Å². The van der Waals surface area contributed by atoms with Crippen LogP contribution in [0.5, 0.6) is 0 Å². The van der Waals surface area contributed by atoms with Crippen molar-refractivity contribution in [3.63, 3.8) is 0 Å². The molecule has 7 nitrogen and oxygen atoms in total. The van der Waals surface area contributed by atoms with E-state index in [-0.39, 0.29) is 31.5 Å². The lowest BCUT2D eigenvalue weighted by Crippen LogP contribution is -2.50. The lowest BCUT2D eigenvalue weighted by Gasteiger charge is -2.38. The maximum atomic E-state index is 13.7. The fourth-order valence-electron chi connectivity index (χ4n) is 2.88. The molecule has 1 N–H and O–H groups in total. The van der Waals surface area contributed by atoms with E-state index < -0.39 is 50.4 Å². The Morgan fingerprint density at radius 3 is 2.31 bits per heavy atom. The van der Waals surface area contributed by atoms with Gasteiger partial charge in [-0.15, -0.1) is 0 Å². The van der Waals surface area contributed by atoms with Crippen molar-refractivity contribution in [1.82, 2.24) is 9.62 Å². The van der Waals surface area contributed by atoms with E-state index in [9.17, 15) is 26.8 Å². The Balaban J connectivity index is 1.98. The zero-order valence-electron chi connectivity index (χ0n) is 16.9. The minimum absolute atomic E-state index is 0.239. The summed E-state index contributed by atoms with van der Waals surface area (Å²) in [6.07, 6.45) is 0.0103. The number of carbonyl (C=O) groups excluding carboxylic acids is 2. The van der Waals surface area contributed by atoms with Crippen molar-refractivity contribution >= 4 is 22.0 Å². The first kappa shape index (κ1) is 23.1. The molecule has 2 rings (SSSR count). The van der Waals surface area contributed by atoms with Crippen LogP contribution in [-0.2, 0) is 25.3 Å². The second-order valence-corrected chi connectivity index (χ2v) is 10.2. The van der Waals surface area contributed by atoms with Crippen LogP contribution < -0.4 is 4.72 Å². The summed E-state index contributed by atoms with van der Waals surface area (Å²) in [4.78, 5) is 26.2. The van der Waals surface area contributed by atoms with Gasteiger partial charge in [-0.3, -0.25) is 9.52 Å². The first-order chi connectivity index (χ1) is 13.2. The summed E-state index contributed by atoms with van der Waals surface area (Å²) in [5, 5.41) is 0. The Hall–Kier alpha value is -2.23. The molecule has 0 bridgehead atoms. The first-order valence-electron chi connectivity index (χ1n) is 9.18. The van der Waals surface area contributed by atoms with Crippen molar-refractivity contribution in [2.45, 2.75) is 51.9 Å². The molecule has 2 amide bonds. The summed E-state index contributed by atoms with van der Waals surface area (Å²) in [5.41, 5.74) is -1.89. The molecule has 0 aliphatic carbocycles. The summed E-state index contributed by atoms with van der Waals surface area (Å²) < 4.78 is 58.5. The van der Waals surface area contributed by atoms with E-state index in [2.05, 4.69) is 0 Å². The van der Waals surface area contributed by atoms with Crippen LogP contribution in [0.1, 0.15) is 46.1 Å². The van der Waals surface area contributed by atoms with E-state index >= 15 is 0 Å². The number of nitrogens with zero attached hydrogens (tertiary/aromatic N) is 1. The number of rotatable bonds is 4. The molecular formula is C19H26F2N2O5S. The molecule has 1 saturated heterocycles. The molecule has 0 atom stereocenters. The van der Waals surface area contributed by atoms with Crippen molar-refractivity contribution in [3.8, 4) is 0 Å². The van der Waals surface area contributed by atoms with Crippen LogP contribution in [0.15, 0.2) is 18.2 Å². The third kappa shape index (κ3) is 6.38. The second kappa shape index (κ2) is 8.25. The molecule has 1 aromatic carbocycles. The van der Waals surface area contributed by atoms with Crippen molar-refractivity contribution in [2.75, 3.05) is 13.1 Å². The molecular weight excluding hydrogens is 406 g/mol. The predicted molar refractivity (Wildman–Crippen MR) is 102 cm³/mol. The molecule has 0 aromatic heterocycles. The Labute approximate surface area is 169 Å². The molecule has 0 radical (unpaired) electrons. The second-order valence-electron chi connectivity index (χ2n) is 8.45. The molecule has 10 heteroatoms. The predicted octanol–water partition coefficient (Wildman–Crippen LogP) is 2.95. The molecule has 0 spiro atoms. The van der Waals surface area contributed by atoms with Gasteiger partial charge in [0.25, 0.3) is 0 Å². The van der Waals surface area contributed by atoms with Crippen LogP contribution in [0.2, 0.25) is 0 Å². The highest BCUT2D eigenvalue weighted by Gasteiger charge is 2.40.